The largest absolute Gasteiger partial charge is 0.485 e. The van der Waals surface area contributed by atoms with E-state index in [9.17, 15) is 0 Å². The van der Waals surface area contributed by atoms with Gasteiger partial charge in [-0.1, -0.05) is 20.3 Å². The molecular formula is C10H24O4Si. The van der Waals surface area contributed by atoms with Crippen molar-refractivity contribution in [3.63, 3.8) is 0 Å². The highest BCUT2D eigenvalue weighted by Gasteiger charge is 2.18. The van der Waals surface area contributed by atoms with Crippen molar-refractivity contribution in [2.75, 3.05) is 20.3 Å². The Balaban J connectivity index is 3.73. The predicted octanol–water partition coefficient (Wildman–Crippen LogP) is 1.96. The van der Waals surface area contributed by atoms with Crippen molar-refractivity contribution >= 4 is 9.53 Å². The van der Waals surface area contributed by atoms with Crippen molar-refractivity contribution in [2.45, 2.75) is 46.3 Å². The van der Waals surface area contributed by atoms with E-state index in [2.05, 4.69) is 6.92 Å². The molecule has 0 N–H and O–H groups in total. The fourth-order valence-corrected chi connectivity index (χ4v) is 2.25. The zero-order chi connectivity index (χ0) is 11.5. The third-order valence-corrected chi connectivity index (χ3v) is 3.31. The van der Waals surface area contributed by atoms with E-state index in [0.29, 0.717) is 13.2 Å². The van der Waals surface area contributed by atoms with Crippen molar-refractivity contribution in [3.05, 3.63) is 0 Å². The van der Waals surface area contributed by atoms with Gasteiger partial charge in [0.05, 0.1) is 0 Å². The van der Waals surface area contributed by atoms with Crippen LogP contribution in [0.15, 0.2) is 0 Å². The first-order valence-electron chi connectivity index (χ1n) is 5.69. The summed E-state index contributed by atoms with van der Waals surface area (Å²) < 4.78 is 21.7. The van der Waals surface area contributed by atoms with Crippen LogP contribution in [0, 0.1) is 0 Å². The maximum Gasteiger partial charge on any atom is 0.485 e. The lowest BCUT2D eigenvalue weighted by Crippen LogP contribution is -2.32. The second-order valence-corrected chi connectivity index (χ2v) is 4.83. The Morgan fingerprint density at radius 1 is 1.20 bits per heavy atom. The summed E-state index contributed by atoms with van der Waals surface area (Å²) in [6.45, 7) is 7.46. The van der Waals surface area contributed by atoms with Gasteiger partial charge < -0.3 is 18.0 Å². The Hall–Kier alpha value is 0.0569. The number of unbranched alkanes of at least 4 members (excludes halogenated alkanes) is 1. The lowest BCUT2D eigenvalue weighted by atomic mass is 10.4. The molecule has 0 aliphatic carbocycles. The summed E-state index contributed by atoms with van der Waals surface area (Å²) in [5.74, 6) is 0. The molecule has 0 aromatic heterocycles. The minimum absolute atomic E-state index is 0.187. The lowest BCUT2D eigenvalue weighted by molar-refractivity contribution is -0.105. The van der Waals surface area contributed by atoms with Crippen molar-refractivity contribution in [2.24, 2.45) is 0 Å². The highest BCUT2D eigenvalue weighted by Crippen LogP contribution is 2.04. The molecule has 0 spiro atoms. The van der Waals surface area contributed by atoms with Crippen LogP contribution in [0.1, 0.15) is 40.0 Å². The van der Waals surface area contributed by atoms with Gasteiger partial charge in [0.15, 0.2) is 6.29 Å². The molecule has 0 radical (unpaired) electrons. The average Bonchev–Trinajstić information content (AvgIpc) is 2.26. The van der Waals surface area contributed by atoms with Crippen LogP contribution in [0.2, 0.25) is 0 Å². The van der Waals surface area contributed by atoms with Crippen LogP contribution >= 0.6 is 0 Å². The average molecular weight is 236 g/mol. The molecule has 4 nitrogen and oxygen atoms in total. The fourth-order valence-electron chi connectivity index (χ4n) is 1.05. The van der Waals surface area contributed by atoms with Crippen molar-refractivity contribution < 1.29 is 18.0 Å². The van der Waals surface area contributed by atoms with E-state index in [1.807, 2.05) is 13.8 Å². The molecule has 0 saturated heterocycles. The Labute approximate surface area is 94.8 Å². The van der Waals surface area contributed by atoms with Gasteiger partial charge in [0.1, 0.15) is 0 Å². The Morgan fingerprint density at radius 2 is 1.93 bits per heavy atom. The van der Waals surface area contributed by atoms with E-state index in [4.69, 9.17) is 18.0 Å². The normalized spacial score (nSPS) is 15.2. The maximum absolute atomic E-state index is 5.61. The smallest absolute Gasteiger partial charge is 0.379 e. The molecule has 0 saturated carbocycles. The molecular weight excluding hydrogens is 212 g/mol. The molecule has 0 aromatic carbocycles. The summed E-state index contributed by atoms with van der Waals surface area (Å²) in [5.41, 5.74) is 0. The molecule has 0 aromatic rings. The van der Waals surface area contributed by atoms with Crippen LogP contribution in [0.25, 0.3) is 0 Å². The quantitative estimate of drug-likeness (QED) is 0.330. The summed E-state index contributed by atoms with van der Waals surface area (Å²) in [6.07, 6.45) is 2.79. The van der Waals surface area contributed by atoms with Crippen LogP contribution in [0.4, 0.5) is 0 Å². The van der Waals surface area contributed by atoms with Crippen LogP contribution in [-0.4, -0.2) is 36.1 Å². The summed E-state index contributed by atoms with van der Waals surface area (Å²) in [4.78, 5) is 0. The van der Waals surface area contributed by atoms with Gasteiger partial charge >= 0.3 is 9.53 Å². The molecule has 0 aliphatic heterocycles. The highest BCUT2D eigenvalue weighted by atomic mass is 28.3. The molecule has 0 fully saturated rings. The van der Waals surface area contributed by atoms with E-state index in [-0.39, 0.29) is 6.29 Å². The van der Waals surface area contributed by atoms with Gasteiger partial charge in [-0.3, -0.25) is 0 Å². The van der Waals surface area contributed by atoms with E-state index in [1.54, 1.807) is 7.11 Å². The first-order chi connectivity index (χ1) is 7.28. The monoisotopic (exact) mass is 236 g/mol. The Morgan fingerprint density at radius 3 is 2.40 bits per heavy atom. The molecule has 0 rings (SSSR count). The van der Waals surface area contributed by atoms with E-state index < -0.39 is 9.53 Å². The number of hydrogen-bond donors (Lipinski definition) is 0. The van der Waals surface area contributed by atoms with Gasteiger partial charge in [-0.05, 0) is 19.8 Å². The number of rotatable bonds is 10. The van der Waals surface area contributed by atoms with E-state index in [1.165, 1.54) is 0 Å². The highest BCUT2D eigenvalue weighted by molar-refractivity contribution is 6.36. The minimum atomic E-state index is -1.98. The zero-order valence-corrected chi connectivity index (χ0v) is 11.5. The van der Waals surface area contributed by atoms with Crippen molar-refractivity contribution in [1.29, 1.82) is 0 Å². The first-order valence-corrected chi connectivity index (χ1v) is 7.11. The van der Waals surface area contributed by atoms with Gasteiger partial charge in [0, 0.05) is 20.3 Å². The number of ether oxygens (including phenoxy) is 1. The zero-order valence-electron chi connectivity index (χ0n) is 10.3. The summed E-state index contributed by atoms with van der Waals surface area (Å²) in [7, 11) is -0.350. The Kier molecular flexibility index (Phi) is 10.6. The van der Waals surface area contributed by atoms with Crippen LogP contribution < -0.4 is 0 Å². The van der Waals surface area contributed by atoms with Gasteiger partial charge in [0.2, 0.25) is 0 Å². The second kappa shape index (κ2) is 10.6. The van der Waals surface area contributed by atoms with Crippen LogP contribution in [-0.2, 0) is 18.0 Å². The maximum atomic E-state index is 5.61. The predicted molar refractivity (Wildman–Crippen MR) is 61.8 cm³/mol. The molecule has 2 atom stereocenters. The summed E-state index contributed by atoms with van der Waals surface area (Å²) >= 11 is 0. The lowest BCUT2D eigenvalue weighted by Gasteiger charge is -2.21. The van der Waals surface area contributed by atoms with Crippen molar-refractivity contribution in [1.82, 2.24) is 0 Å². The fraction of sp³-hybridized carbons (Fsp3) is 1.00. The van der Waals surface area contributed by atoms with Gasteiger partial charge in [-0.25, -0.2) is 0 Å². The summed E-state index contributed by atoms with van der Waals surface area (Å²) in [6, 6.07) is 0. The molecule has 0 heterocycles. The first kappa shape index (κ1) is 15.1. The molecule has 0 bridgehead atoms. The van der Waals surface area contributed by atoms with Gasteiger partial charge in [-0.15, -0.1) is 0 Å². The van der Waals surface area contributed by atoms with Gasteiger partial charge in [-0.2, -0.15) is 0 Å². The Bertz CT molecular complexity index is 135. The molecule has 92 valence electrons. The second-order valence-electron chi connectivity index (χ2n) is 3.18. The third-order valence-electron chi connectivity index (χ3n) is 1.89. The van der Waals surface area contributed by atoms with Crippen LogP contribution in [0.5, 0.6) is 0 Å². The third kappa shape index (κ3) is 7.93. The SMILES string of the molecule is CCCCO[SiH](OC)OC(CC)OCC. The minimum Gasteiger partial charge on any atom is -0.379 e. The number of hydrogen-bond acceptors (Lipinski definition) is 4. The summed E-state index contributed by atoms with van der Waals surface area (Å²) in [5, 5.41) is 0. The topological polar surface area (TPSA) is 36.9 Å². The standard InChI is InChI=1S/C10H24O4Si/c1-5-8-9-13-15(11-4)14-10(6-2)12-7-3/h10,15H,5-9H2,1-4H3. The van der Waals surface area contributed by atoms with Gasteiger partial charge in [0.25, 0.3) is 0 Å². The molecule has 15 heavy (non-hydrogen) atoms. The molecule has 2 unspecified atom stereocenters. The molecule has 0 aliphatic rings. The van der Waals surface area contributed by atoms with E-state index in [0.717, 1.165) is 19.3 Å². The molecule has 5 heteroatoms. The van der Waals surface area contributed by atoms with E-state index >= 15 is 0 Å². The van der Waals surface area contributed by atoms with Crippen LogP contribution in [0.3, 0.4) is 0 Å². The molecule has 0 amide bonds. The van der Waals surface area contributed by atoms with Crippen molar-refractivity contribution in [3.8, 4) is 0 Å².